The smallest absolute Gasteiger partial charge is 0.335 e. The summed E-state index contributed by atoms with van der Waals surface area (Å²) >= 11 is 2.36. The van der Waals surface area contributed by atoms with E-state index >= 15 is 0 Å². The van der Waals surface area contributed by atoms with Crippen LogP contribution in [0.3, 0.4) is 0 Å². The first-order chi connectivity index (χ1) is 24.7. The summed E-state index contributed by atoms with van der Waals surface area (Å²) in [6.45, 7) is 0.874. The molecule has 0 saturated heterocycles. The van der Waals surface area contributed by atoms with Crippen molar-refractivity contribution in [2.75, 3.05) is 23.8 Å². The van der Waals surface area contributed by atoms with E-state index in [1.165, 1.54) is 83.9 Å². The maximum Gasteiger partial charge on any atom is 0.335 e. The van der Waals surface area contributed by atoms with Crippen molar-refractivity contribution in [1.29, 1.82) is 0 Å². The second-order valence-electron chi connectivity index (χ2n) is 9.72. The zero-order valence-electron chi connectivity index (χ0n) is 26.9. The van der Waals surface area contributed by atoms with Gasteiger partial charge in [-0.3, -0.25) is 0 Å². The largest absolute Gasteiger partial charge is 0.497 e. The van der Waals surface area contributed by atoms with Crippen molar-refractivity contribution in [3.63, 3.8) is 0 Å². The van der Waals surface area contributed by atoms with Crippen molar-refractivity contribution < 1.29 is 26.3 Å². The molecule has 5 heterocycles. The Morgan fingerprint density at radius 1 is 0.686 bits per heavy atom. The topological polar surface area (TPSA) is 207 Å². The normalized spacial score (nSPS) is 11.0. The fourth-order valence-electron chi connectivity index (χ4n) is 3.97. The number of nitrogens with one attached hydrogen (secondary N) is 1. The van der Waals surface area contributed by atoms with Gasteiger partial charge in [0.15, 0.2) is 0 Å². The maximum absolute atomic E-state index is 12.8. The predicted molar refractivity (Wildman–Crippen MR) is 190 cm³/mol. The number of rotatable bonds is 12. The minimum absolute atomic E-state index is 0.125. The molecule has 0 amide bonds. The van der Waals surface area contributed by atoms with Gasteiger partial charge in [0.05, 0.1) is 20.8 Å². The molecule has 0 saturated carbocycles. The number of nitrogens with zero attached hydrogens (tertiary/aromatic N) is 11. The van der Waals surface area contributed by atoms with Gasteiger partial charge in [-0.25, -0.2) is 41.1 Å². The molecule has 0 fully saturated rings. The van der Waals surface area contributed by atoms with Gasteiger partial charge in [0, 0.05) is 66.8 Å². The Morgan fingerprint density at radius 3 is 1.65 bits per heavy atom. The van der Waals surface area contributed by atoms with Gasteiger partial charge in [0.1, 0.15) is 43.1 Å². The van der Waals surface area contributed by atoms with E-state index in [-0.39, 0.29) is 11.7 Å². The molecule has 266 valence electrons. The lowest BCUT2D eigenvalue weighted by molar-refractivity contribution is 0.414. The summed E-state index contributed by atoms with van der Waals surface area (Å²) in [6.07, 6.45) is 14.8. The van der Waals surface area contributed by atoms with Gasteiger partial charge in [-0.05, 0) is 35.4 Å². The van der Waals surface area contributed by atoms with E-state index in [0.717, 1.165) is 46.4 Å². The SMILES string of the molecule is COc1ccc(CN(c2ncns2)S(=O)(=O)n2ccnc2)cc1.COc1ccc(CNc2ncns2)cc1.O=S(=O)(n1ccnc1)n1ccnc1. The number of aromatic nitrogens is 10. The molecule has 0 atom stereocenters. The van der Waals surface area contributed by atoms with Gasteiger partial charge in [0.2, 0.25) is 10.3 Å². The van der Waals surface area contributed by atoms with Crippen LogP contribution in [0.25, 0.3) is 0 Å². The number of hydrogen-bond donors (Lipinski definition) is 1. The summed E-state index contributed by atoms with van der Waals surface area (Å²) in [6, 6.07) is 15.1. The third-order valence-electron chi connectivity index (χ3n) is 6.53. The Hall–Kier alpha value is -5.71. The van der Waals surface area contributed by atoms with Gasteiger partial charge in [-0.15, -0.1) is 0 Å². The summed E-state index contributed by atoms with van der Waals surface area (Å²) < 4.78 is 71.0. The van der Waals surface area contributed by atoms with Crippen LogP contribution in [0, 0.1) is 0 Å². The number of methoxy groups -OCH3 is 2. The number of ether oxygens (including phenoxy) is 2. The molecule has 0 aliphatic heterocycles. The highest BCUT2D eigenvalue weighted by Crippen LogP contribution is 2.24. The highest BCUT2D eigenvalue weighted by atomic mass is 32.2. The summed E-state index contributed by atoms with van der Waals surface area (Å²) in [4.78, 5) is 19.1. The van der Waals surface area contributed by atoms with Crippen molar-refractivity contribution in [1.82, 2.24) is 45.6 Å². The molecule has 0 spiro atoms. The van der Waals surface area contributed by atoms with Gasteiger partial charge in [0.25, 0.3) is 0 Å². The lowest BCUT2D eigenvalue weighted by atomic mass is 10.2. The van der Waals surface area contributed by atoms with E-state index in [9.17, 15) is 16.8 Å². The minimum Gasteiger partial charge on any atom is -0.497 e. The Morgan fingerprint density at radius 2 is 1.20 bits per heavy atom. The molecular weight excluding hydrogens is 741 g/mol. The standard InChI is InChI=1S/C13H13N5O3S2.C10H11N3OS.C6H6N4O2S/c1-21-12-4-2-11(3-5-12)8-18(13-15-9-16-22-13)23(19,20)17-7-6-14-10-17;1-14-9-4-2-8(3-5-9)6-11-10-12-7-13-15-10;11-13(12,9-3-1-7-5-9)10-4-2-8-6-10/h2-7,9-10H,8H2,1H3;2-5,7H,6H2,1H3,(H,11,12,13);1-6H. The summed E-state index contributed by atoms with van der Waals surface area (Å²) in [7, 11) is -4.14. The second-order valence-corrected chi connectivity index (χ2v) is 14.8. The van der Waals surface area contributed by atoms with Gasteiger partial charge in [-0.1, -0.05) is 24.3 Å². The average Bonchev–Trinajstić information content (AvgIpc) is 4.01. The van der Waals surface area contributed by atoms with Crippen molar-refractivity contribution in [2.24, 2.45) is 0 Å². The van der Waals surface area contributed by atoms with Crippen LogP contribution in [0.2, 0.25) is 0 Å². The molecule has 1 N–H and O–H groups in total. The van der Waals surface area contributed by atoms with Crippen LogP contribution in [0.4, 0.5) is 10.3 Å². The van der Waals surface area contributed by atoms with Crippen molar-refractivity contribution in [3.05, 3.63) is 128 Å². The first kappa shape index (κ1) is 36.6. The molecule has 0 radical (unpaired) electrons. The molecule has 22 heteroatoms. The molecule has 0 aliphatic rings. The van der Waals surface area contributed by atoms with Crippen LogP contribution in [-0.2, 0) is 33.5 Å². The highest BCUT2D eigenvalue weighted by Gasteiger charge is 2.27. The molecule has 2 aromatic carbocycles. The predicted octanol–water partition coefficient (Wildman–Crippen LogP) is 3.42. The fraction of sp³-hybridized carbons (Fsp3) is 0.138. The number of imidazole rings is 3. The van der Waals surface area contributed by atoms with Gasteiger partial charge < -0.3 is 14.8 Å². The Labute approximate surface area is 301 Å². The zero-order valence-corrected chi connectivity index (χ0v) is 30.2. The third kappa shape index (κ3) is 9.72. The molecule has 5 aromatic heterocycles. The first-order valence-corrected chi connectivity index (χ1v) is 18.8. The van der Waals surface area contributed by atoms with E-state index in [1.807, 2.05) is 24.3 Å². The molecule has 7 rings (SSSR count). The van der Waals surface area contributed by atoms with Crippen LogP contribution in [-0.4, -0.2) is 76.6 Å². The van der Waals surface area contributed by atoms with Crippen LogP contribution < -0.4 is 19.1 Å². The monoisotopic (exact) mass is 770 g/mol. The quantitative estimate of drug-likeness (QED) is 0.189. The second kappa shape index (κ2) is 17.3. The fourth-order valence-corrected chi connectivity index (χ4v) is 7.36. The van der Waals surface area contributed by atoms with E-state index in [4.69, 9.17) is 9.47 Å². The summed E-state index contributed by atoms with van der Waals surface area (Å²) in [5.41, 5.74) is 1.98. The summed E-state index contributed by atoms with van der Waals surface area (Å²) in [5, 5.41) is 4.31. The Balaban J connectivity index is 0.000000156. The number of hydrogen-bond acceptors (Lipinski definition) is 16. The van der Waals surface area contributed by atoms with E-state index in [1.54, 1.807) is 44.8 Å². The van der Waals surface area contributed by atoms with Crippen molar-refractivity contribution in [3.8, 4) is 11.5 Å². The highest BCUT2D eigenvalue weighted by molar-refractivity contribution is 7.91. The molecule has 0 unspecified atom stereocenters. The lowest BCUT2D eigenvalue weighted by Crippen LogP contribution is -2.34. The van der Waals surface area contributed by atoms with Crippen molar-refractivity contribution >= 4 is 53.7 Å². The van der Waals surface area contributed by atoms with Gasteiger partial charge in [-0.2, -0.15) is 25.6 Å². The molecule has 0 bridgehead atoms. The third-order valence-corrected chi connectivity index (χ3v) is 11.1. The Bertz CT molecular complexity index is 2170. The number of anilines is 2. The molecule has 7 aromatic rings. The molecule has 0 aliphatic carbocycles. The molecule has 18 nitrogen and oxygen atoms in total. The van der Waals surface area contributed by atoms with Crippen LogP contribution in [0.1, 0.15) is 11.1 Å². The zero-order chi connectivity index (χ0) is 36.1. The lowest BCUT2D eigenvalue weighted by Gasteiger charge is -2.21. The van der Waals surface area contributed by atoms with Crippen LogP contribution in [0.5, 0.6) is 11.5 Å². The minimum atomic E-state index is -3.83. The van der Waals surface area contributed by atoms with Crippen LogP contribution in [0.15, 0.2) is 117 Å². The van der Waals surface area contributed by atoms with E-state index in [0.29, 0.717) is 5.75 Å². The van der Waals surface area contributed by atoms with Crippen molar-refractivity contribution in [2.45, 2.75) is 13.1 Å². The first-order valence-electron chi connectivity index (χ1n) is 14.5. The van der Waals surface area contributed by atoms with E-state index in [2.05, 4.69) is 39.0 Å². The number of benzene rings is 2. The molecular formula is C29H30N12O6S4. The summed E-state index contributed by atoms with van der Waals surface area (Å²) in [5.74, 6) is 1.57. The Kier molecular flexibility index (Phi) is 12.4. The molecule has 51 heavy (non-hydrogen) atoms. The van der Waals surface area contributed by atoms with Crippen LogP contribution >= 0.6 is 23.1 Å². The average molecular weight is 771 g/mol. The van der Waals surface area contributed by atoms with E-state index < -0.39 is 20.4 Å². The van der Waals surface area contributed by atoms with Gasteiger partial charge >= 0.3 is 20.4 Å². The maximum atomic E-state index is 12.8.